The quantitative estimate of drug-likeness (QED) is 0.199. The fourth-order valence-electron chi connectivity index (χ4n) is 6.90. The summed E-state index contributed by atoms with van der Waals surface area (Å²) in [5.74, 6) is 0. The number of rotatable bonds is 4. The first-order valence-corrected chi connectivity index (χ1v) is 15.0. The Hall–Kier alpha value is -5.86. The van der Waals surface area contributed by atoms with Crippen molar-refractivity contribution < 1.29 is 4.42 Å². The molecule has 0 radical (unpaired) electrons. The van der Waals surface area contributed by atoms with Gasteiger partial charge in [-0.25, -0.2) is 0 Å². The Bertz CT molecular complexity index is 2510. The van der Waals surface area contributed by atoms with E-state index in [-0.39, 0.29) is 0 Å². The van der Waals surface area contributed by atoms with Crippen molar-refractivity contribution in [2.75, 3.05) is 4.90 Å². The van der Waals surface area contributed by atoms with Gasteiger partial charge in [-0.05, 0) is 62.8 Å². The highest BCUT2D eigenvalue weighted by molar-refractivity contribution is 6.23. The molecule has 0 atom stereocenters. The van der Waals surface area contributed by atoms with Crippen molar-refractivity contribution in [1.82, 2.24) is 0 Å². The Morgan fingerprint density at radius 3 is 1.86 bits per heavy atom. The number of fused-ring (bicyclic) bond motifs is 8. The molecule has 0 aliphatic heterocycles. The van der Waals surface area contributed by atoms with Crippen molar-refractivity contribution >= 4 is 71.3 Å². The normalized spacial score (nSPS) is 11.6. The van der Waals surface area contributed by atoms with Crippen molar-refractivity contribution in [3.05, 3.63) is 164 Å². The van der Waals surface area contributed by atoms with Crippen molar-refractivity contribution in [2.24, 2.45) is 0 Å². The van der Waals surface area contributed by atoms with E-state index in [0.717, 1.165) is 39.0 Å². The third-order valence-electron chi connectivity index (χ3n) is 8.84. The van der Waals surface area contributed by atoms with Crippen LogP contribution < -0.4 is 4.90 Å². The summed E-state index contributed by atoms with van der Waals surface area (Å²) in [6.07, 6.45) is 0. The number of hydrogen-bond acceptors (Lipinski definition) is 2. The molecule has 0 N–H and O–H groups in total. The molecule has 0 aliphatic rings. The van der Waals surface area contributed by atoms with Gasteiger partial charge in [0.2, 0.25) is 0 Å². The van der Waals surface area contributed by atoms with Gasteiger partial charge in [-0.15, -0.1) is 0 Å². The third-order valence-corrected chi connectivity index (χ3v) is 8.84. The van der Waals surface area contributed by atoms with Gasteiger partial charge in [0, 0.05) is 16.3 Å². The summed E-state index contributed by atoms with van der Waals surface area (Å²) in [4.78, 5) is 2.45. The van der Waals surface area contributed by atoms with Crippen LogP contribution >= 0.6 is 0 Å². The summed E-state index contributed by atoms with van der Waals surface area (Å²) in [7, 11) is 0. The highest BCUT2D eigenvalue weighted by Gasteiger charge is 2.23. The van der Waals surface area contributed by atoms with Crippen LogP contribution in [0.2, 0.25) is 0 Å². The fourth-order valence-corrected chi connectivity index (χ4v) is 6.90. The Kier molecular flexibility index (Phi) is 5.54. The van der Waals surface area contributed by atoms with E-state index < -0.39 is 0 Å². The zero-order valence-electron chi connectivity index (χ0n) is 23.9. The van der Waals surface area contributed by atoms with Gasteiger partial charge < -0.3 is 9.32 Å². The molecular weight excluding hydrogens is 534 g/mol. The standard InChI is InChI=1S/C42H27NO/c1-2-12-28(13-3-1)32-17-6-8-19-36(32)43(38-21-11-23-40-42(38)35-18-7-9-22-39(35)44-40)37-20-10-15-30-25-26-33-31-16-5-4-14-29(31)24-27-34(33)41(30)37/h1-27H. The lowest BCUT2D eigenvalue weighted by atomic mass is 9.94. The maximum absolute atomic E-state index is 6.41. The van der Waals surface area contributed by atoms with E-state index in [1.54, 1.807) is 0 Å². The molecule has 0 unspecified atom stereocenters. The van der Waals surface area contributed by atoms with E-state index in [4.69, 9.17) is 4.42 Å². The summed E-state index contributed by atoms with van der Waals surface area (Å²) >= 11 is 0. The monoisotopic (exact) mass is 561 g/mol. The van der Waals surface area contributed by atoms with E-state index in [0.29, 0.717) is 0 Å². The summed E-state index contributed by atoms with van der Waals surface area (Å²) in [5, 5.41) is 9.65. The molecule has 8 aromatic carbocycles. The minimum atomic E-state index is 0.877. The predicted molar refractivity (Wildman–Crippen MR) is 186 cm³/mol. The van der Waals surface area contributed by atoms with E-state index in [1.807, 2.05) is 6.07 Å². The molecular formula is C42H27NO. The second kappa shape index (κ2) is 9.86. The molecule has 44 heavy (non-hydrogen) atoms. The molecule has 0 bridgehead atoms. The second-order valence-corrected chi connectivity index (χ2v) is 11.3. The molecule has 1 aromatic heterocycles. The van der Waals surface area contributed by atoms with Crippen LogP contribution in [0.25, 0.3) is 65.4 Å². The van der Waals surface area contributed by atoms with Crippen molar-refractivity contribution in [2.45, 2.75) is 0 Å². The largest absolute Gasteiger partial charge is 0.456 e. The lowest BCUT2D eigenvalue weighted by Gasteiger charge is -2.30. The average molecular weight is 562 g/mol. The number of anilines is 3. The number of furan rings is 1. The number of benzene rings is 8. The van der Waals surface area contributed by atoms with Gasteiger partial charge in [-0.2, -0.15) is 0 Å². The summed E-state index contributed by atoms with van der Waals surface area (Å²) in [5.41, 5.74) is 7.43. The van der Waals surface area contributed by atoms with Crippen LogP contribution in [0.5, 0.6) is 0 Å². The van der Waals surface area contributed by atoms with Gasteiger partial charge in [0.1, 0.15) is 11.2 Å². The Balaban J connectivity index is 1.44. The van der Waals surface area contributed by atoms with Gasteiger partial charge >= 0.3 is 0 Å². The van der Waals surface area contributed by atoms with Gasteiger partial charge in [0.25, 0.3) is 0 Å². The molecule has 9 rings (SSSR count). The van der Waals surface area contributed by atoms with E-state index in [9.17, 15) is 0 Å². The Morgan fingerprint density at radius 1 is 0.341 bits per heavy atom. The van der Waals surface area contributed by atoms with Crippen LogP contribution in [-0.4, -0.2) is 0 Å². The fraction of sp³-hybridized carbons (Fsp3) is 0. The van der Waals surface area contributed by atoms with E-state index >= 15 is 0 Å². The Morgan fingerprint density at radius 2 is 0.955 bits per heavy atom. The smallest absolute Gasteiger partial charge is 0.137 e. The summed E-state index contributed by atoms with van der Waals surface area (Å²) in [6.45, 7) is 0. The molecule has 2 nitrogen and oxygen atoms in total. The van der Waals surface area contributed by atoms with Crippen LogP contribution in [0.1, 0.15) is 0 Å². The zero-order chi connectivity index (χ0) is 29.0. The third kappa shape index (κ3) is 3.75. The SMILES string of the molecule is c1ccc(-c2ccccc2N(c2cccc3ccc4c5ccccc5ccc4c23)c2cccc3oc4ccccc4c23)cc1. The topological polar surface area (TPSA) is 16.4 Å². The second-order valence-electron chi connectivity index (χ2n) is 11.3. The van der Waals surface area contributed by atoms with Crippen molar-refractivity contribution in [1.29, 1.82) is 0 Å². The average Bonchev–Trinajstić information content (AvgIpc) is 3.48. The highest BCUT2D eigenvalue weighted by Crippen LogP contribution is 2.48. The minimum Gasteiger partial charge on any atom is -0.456 e. The molecule has 0 aliphatic carbocycles. The predicted octanol–water partition coefficient (Wildman–Crippen LogP) is 12.2. The summed E-state index contributed by atoms with van der Waals surface area (Å²) in [6, 6.07) is 58.6. The van der Waals surface area contributed by atoms with Gasteiger partial charge in [0.05, 0.1) is 22.4 Å². The Labute approximate surface area is 255 Å². The molecule has 2 heteroatoms. The molecule has 206 valence electrons. The van der Waals surface area contributed by atoms with Crippen LogP contribution in [0.15, 0.2) is 168 Å². The molecule has 0 saturated carbocycles. The molecule has 0 fully saturated rings. The molecule has 1 heterocycles. The number of para-hydroxylation sites is 2. The van der Waals surface area contributed by atoms with Crippen LogP contribution in [0.3, 0.4) is 0 Å². The molecule has 0 saturated heterocycles. The first kappa shape index (κ1) is 24.7. The van der Waals surface area contributed by atoms with Crippen LogP contribution in [-0.2, 0) is 0 Å². The molecule has 0 spiro atoms. The number of nitrogens with zero attached hydrogens (tertiary/aromatic N) is 1. The van der Waals surface area contributed by atoms with Gasteiger partial charge in [0.15, 0.2) is 0 Å². The first-order valence-electron chi connectivity index (χ1n) is 15.0. The van der Waals surface area contributed by atoms with Crippen molar-refractivity contribution in [3.8, 4) is 11.1 Å². The lowest BCUT2D eigenvalue weighted by molar-refractivity contribution is 0.669. The lowest BCUT2D eigenvalue weighted by Crippen LogP contribution is -2.12. The highest BCUT2D eigenvalue weighted by atomic mass is 16.3. The van der Waals surface area contributed by atoms with E-state index in [1.165, 1.54) is 43.4 Å². The molecule has 0 amide bonds. The minimum absolute atomic E-state index is 0.877. The van der Waals surface area contributed by atoms with Crippen LogP contribution in [0.4, 0.5) is 17.1 Å². The zero-order valence-corrected chi connectivity index (χ0v) is 23.9. The van der Waals surface area contributed by atoms with Crippen LogP contribution in [0, 0.1) is 0 Å². The van der Waals surface area contributed by atoms with E-state index in [2.05, 4.69) is 163 Å². The molecule has 9 aromatic rings. The maximum atomic E-state index is 6.41. The maximum Gasteiger partial charge on any atom is 0.137 e. The van der Waals surface area contributed by atoms with Gasteiger partial charge in [-0.3, -0.25) is 0 Å². The van der Waals surface area contributed by atoms with Crippen molar-refractivity contribution in [3.63, 3.8) is 0 Å². The van der Waals surface area contributed by atoms with Gasteiger partial charge in [-0.1, -0.05) is 133 Å². The first-order chi connectivity index (χ1) is 21.8. The summed E-state index contributed by atoms with van der Waals surface area (Å²) < 4.78 is 6.41. The number of hydrogen-bond donors (Lipinski definition) is 0.